The van der Waals surface area contributed by atoms with Crippen LogP contribution in [0, 0.1) is 6.92 Å². The molecule has 0 saturated carbocycles. The van der Waals surface area contributed by atoms with Crippen molar-refractivity contribution in [3.05, 3.63) is 28.3 Å². The maximum absolute atomic E-state index is 10.9. The van der Waals surface area contributed by atoms with Gasteiger partial charge in [-0.05, 0) is 6.92 Å². The van der Waals surface area contributed by atoms with Crippen molar-refractivity contribution in [3.8, 4) is 0 Å². The molecule has 0 saturated heterocycles. The van der Waals surface area contributed by atoms with Crippen LogP contribution in [0.25, 0.3) is 0 Å². The lowest BCUT2D eigenvalue weighted by atomic mass is 10.4. The van der Waals surface area contributed by atoms with E-state index < -0.39 is 0 Å². The fraction of sp³-hybridized carbons (Fsp3) is 0.286. The average Bonchev–Trinajstić information content (AvgIpc) is 1.88. The second-order valence-corrected chi connectivity index (χ2v) is 2.02. The highest BCUT2D eigenvalue weighted by Crippen LogP contribution is 1.99. The molecule has 0 aromatic carbocycles. The summed E-state index contributed by atoms with van der Waals surface area (Å²) in [6.45, 7) is 1.74. The van der Waals surface area contributed by atoms with E-state index in [1.54, 1.807) is 14.0 Å². The summed E-state index contributed by atoms with van der Waals surface area (Å²) < 4.78 is 4.97. The Morgan fingerprint density at radius 1 is 1.60 bits per heavy atom. The third kappa shape index (κ3) is 1.18. The number of nitrogens with one attached hydrogen (secondary N) is 1. The topological polar surface area (TPSA) is 42.2 Å². The van der Waals surface area contributed by atoms with Crippen LogP contribution in [0.5, 0.6) is 0 Å². The molecular formula is C7H9NO2. The Bertz CT molecular complexity index is 277. The lowest BCUT2D eigenvalue weighted by molar-refractivity contribution is 0.517. The van der Waals surface area contributed by atoms with Gasteiger partial charge in [-0.15, -0.1) is 0 Å². The zero-order chi connectivity index (χ0) is 7.56. The fourth-order valence-electron chi connectivity index (χ4n) is 0.688. The Kier molecular flexibility index (Phi) is 1.76. The van der Waals surface area contributed by atoms with E-state index in [0.717, 1.165) is 0 Å². The number of hydrogen-bond donors (Lipinski definition) is 1. The Morgan fingerprint density at radius 2 is 2.30 bits per heavy atom. The normalized spacial score (nSPS) is 9.40. The van der Waals surface area contributed by atoms with Gasteiger partial charge < -0.3 is 9.73 Å². The second-order valence-electron chi connectivity index (χ2n) is 2.02. The number of anilines is 1. The third-order valence-electron chi connectivity index (χ3n) is 1.23. The van der Waals surface area contributed by atoms with Crippen LogP contribution >= 0.6 is 0 Å². The second kappa shape index (κ2) is 2.56. The van der Waals surface area contributed by atoms with Gasteiger partial charge in [0.25, 0.3) is 0 Å². The summed E-state index contributed by atoms with van der Waals surface area (Å²) in [5.74, 6) is 0.629. The van der Waals surface area contributed by atoms with Crippen LogP contribution < -0.4 is 10.7 Å². The predicted molar refractivity (Wildman–Crippen MR) is 39.3 cm³/mol. The first kappa shape index (κ1) is 6.86. The van der Waals surface area contributed by atoms with E-state index in [9.17, 15) is 4.79 Å². The molecule has 0 spiro atoms. The van der Waals surface area contributed by atoms with Crippen molar-refractivity contribution in [1.29, 1.82) is 0 Å². The first-order valence-electron chi connectivity index (χ1n) is 3.01. The Labute approximate surface area is 58.7 Å². The molecule has 0 radical (unpaired) electrons. The molecule has 0 atom stereocenters. The first-order valence-corrected chi connectivity index (χ1v) is 3.01. The van der Waals surface area contributed by atoms with Gasteiger partial charge in [-0.3, -0.25) is 4.79 Å². The SMILES string of the molecule is CNc1coc(C)cc1=O. The molecule has 3 heteroatoms. The van der Waals surface area contributed by atoms with E-state index in [2.05, 4.69) is 5.32 Å². The molecule has 1 rings (SSSR count). The number of rotatable bonds is 1. The van der Waals surface area contributed by atoms with Gasteiger partial charge in [0.2, 0.25) is 5.43 Å². The van der Waals surface area contributed by atoms with Crippen LogP contribution in [0.4, 0.5) is 5.69 Å². The van der Waals surface area contributed by atoms with Crippen molar-refractivity contribution in [2.75, 3.05) is 12.4 Å². The minimum absolute atomic E-state index is 0.0359. The Balaban J connectivity index is 3.20. The molecule has 0 fully saturated rings. The van der Waals surface area contributed by atoms with Crippen molar-refractivity contribution < 1.29 is 4.42 Å². The van der Waals surface area contributed by atoms with Gasteiger partial charge in [-0.25, -0.2) is 0 Å². The summed E-state index contributed by atoms with van der Waals surface area (Å²) in [6.07, 6.45) is 1.41. The van der Waals surface area contributed by atoms with Crippen LogP contribution in [0.15, 0.2) is 21.5 Å². The molecule has 1 heterocycles. The smallest absolute Gasteiger partial charge is 0.208 e. The lowest BCUT2D eigenvalue weighted by Gasteiger charge is -1.96. The highest BCUT2D eigenvalue weighted by atomic mass is 16.3. The molecular weight excluding hydrogens is 130 g/mol. The van der Waals surface area contributed by atoms with Crippen molar-refractivity contribution in [3.63, 3.8) is 0 Å². The van der Waals surface area contributed by atoms with E-state index in [0.29, 0.717) is 11.4 Å². The Hall–Kier alpha value is -1.25. The molecule has 10 heavy (non-hydrogen) atoms. The molecule has 54 valence electrons. The third-order valence-corrected chi connectivity index (χ3v) is 1.23. The summed E-state index contributed by atoms with van der Waals surface area (Å²) in [6, 6.07) is 1.45. The largest absolute Gasteiger partial charge is 0.467 e. The highest BCUT2D eigenvalue weighted by molar-refractivity contribution is 5.38. The van der Waals surface area contributed by atoms with Gasteiger partial charge in [0.15, 0.2) is 0 Å². The van der Waals surface area contributed by atoms with Gasteiger partial charge in [0.05, 0.1) is 0 Å². The van der Waals surface area contributed by atoms with Crippen LogP contribution in [-0.4, -0.2) is 7.05 Å². The first-order chi connectivity index (χ1) is 4.74. The molecule has 1 aromatic heterocycles. The van der Waals surface area contributed by atoms with E-state index in [1.807, 2.05) is 0 Å². The monoisotopic (exact) mass is 139 g/mol. The van der Waals surface area contributed by atoms with Gasteiger partial charge in [0, 0.05) is 13.1 Å². The van der Waals surface area contributed by atoms with Gasteiger partial charge >= 0.3 is 0 Å². The summed E-state index contributed by atoms with van der Waals surface area (Å²) >= 11 is 0. The van der Waals surface area contributed by atoms with Gasteiger partial charge in [-0.1, -0.05) is 0 Å². The number of hydrogen-bond acceptors (Lipinski definition) is 3. The summed E-state index contributed by atoms with van der Waals surface area (Å²) in [5, 5.41) is 2.72. The molecule has 0 aliphatic rings. The maximum Gasteiger partial charge on any atom is 0.208 e. The van der Waals surface area contributed by atoms with Crippen molar-refractivity contribution in [1.82, 2.24) is 0 Å². The molecule has 0 aliphatic heterocycles. The highest BCUT2D eigenvalue weighted by Gasteiger charge is 1.95. The molecule has 0 unspecified atom stereocenters. The summed E-state index contributed by atoms with van der Waals surface area (Å²) in [7, 11) is 1.68. The van der Waals surface area contributed by atoms with E-state index in [4.69, 9.17) is 4.42 Å². The van der Waals surface area contributed by atoms with Crippen molar-refractivity contribution in [2.45, 2.75) is 6.92 Å². The van der Waals surface area contributed by atoms with E-state index >= 15 is 0 Å². The minimum atomic E-state index is -0.0359. The van der Waals surface area contributed by atoms with Gasteiger partial charge in [-0.2, -0.15) is 0 Å². The van der Waals surface area contributed by atoms with E-state index in [-0.39, 0.29) is 5.43 Å². The number of aryl methyl sites for hydroxylation is 1. The molecule has 0 amide bonds. The molecule has 1 N–H and O–H groups in total. The fourth-order valence-corrected chi connectivity index (χ4v) is 0.688. The van der Waals surface area contributed by atoms with Crippen LogP contribution in [-0.2, 0) is 0 Å². The Morgan fingerprint density at radius 3 is 2.80 bits per heavy atom. The van der Waals surface area contributed by atoms with E-state index in [1.165, 1.54) is 12.3 Å². The minimum Gasteiger partial charge on any atom is -0.467 e. The zero-order valence-electron chi connectivity index (χ0n) is 5.97. The van der Waals surface area contributed by atoms with Gasteiger partial charge in [0.1, 0.15) is 17.7 Å². The van der Waals surface area contributed by atoms with Crippen LogP contribution in [0.3, 0.4) is 0 Å². The van der Waals surface area contributed by atoms with Crippen molar-refractivity contribution >= 4 is 5.69 Å². The molecule has 0 bridgehead atoms. The average molecular weight is 139 g/mol. The standard InChI is InChI=1S/C7H9NO2/c1-5-3-7(9)6(8-2)4-10-5/h3-4,8H,1-2H3. The van der Waals surface area contributed by atoms with Crippen LogP contribution in [0.2, 0.25) is 0 Å². The predicted octanol–water partition coefficient (Wildman–Crippen LogP) is 0.990. The summed E-state index contributed by atoms with van der Waals surface area (Å²) in [5.41, 5.74) is 0.455. The lowest BCUT2D eigenvalue weighted by Crippen LogP contribution is -2.06. The summed E-state index contributed by atoms with van der Waals surface area (Å²) in [4.78, 5) is 10.9. The quantitative estimate of drug-likeness (QED) is 0.630. The zero-order valence-corrected chi connectivity index (χ0v) is 5.97. The van der Waals surface area contributed by atoms with Crippen LogP contribution in [0.1, 0.15) is 5.76 Å². The molecule has 1 aromatic rings. The maximum atomic E-state index is 10.9. The molecule has 0 aliphatic carbocycles. The molecule has 3 nitrogen and oxygen atoms in total. The van der Waals surface area contributed by atoms with Crippen molar-refractivity contribution in [2.24, 2.45) is 0 Å².